The molecule has 0 aliphatic rings. The molecule has 1 atom stereocenters. The maximum Gasteiger partial charge on any atom is 0.334 e. The van der Waals surface area contributed by atoms with E-state index in [1.54, 1.807) is 0 Å². The molecule has 72 valence electrons. The van der Waals surface area contributed by atoms with E-state index in [0.29, 0.717) is 18.4 Å². The summed E-state index contributed by atoms with van der Waals surface area (Å²) in [5.41, 5.74) is 0. The number of alkyl halides is 1. The van der Waals surface area contributed by atoms with E-state index in [-0.39, 0.29) is 0 Å². The molecule has 0 fully saturated rings. The van der Waals surface area contributed by atoms with Crippen molar-refractivity contribution in [2.75, 3.05) is 11.9 Å². The highest BCUT2D eigenvalue weighted by Crippen LogP contribution is 1.99. The van der Waals surface area contributed by atoms with Crippen molar-refractivity contribution in [1.82, 2.24) is 0 Å². The second-order valence-electron chi connectivity index (χ2n) is 2.51. The number of ether oxygens (including phenoxy) is 1. The van der Waals surface area contributed by atoms with Gasteiger partial charge < -0.3 is 9.84 Å². The van der Waals surface area contributed by atoms with Crippen LogP contribution in [0, 0.1) is 0 Å². The largest absolute Gasteiger partial charge is 0.464 e. The molecule has 0 rings (SSSR count). The van der Waals surface area contributed by atoms with Gasteiger partial charge >= 0.3 is 5.97 Å². The summed E-state index contributed by atoms with van der Waals surface area (Å²) in [6, 6.07) is 0. The number of halogens is 1. The van der Waals surface area contributed by atoms with Crippen LogP contribution in [0.1, 0.15) is 26.2 Å². The lowest BCUT2D eigenvalue weighted by atomic mass is 10.3. The molecule has 4 heteroatoms. The van der Waals surface area contributed by atoms with Gasteiger partial charge in [0.15, 0.2) is 6.10 Å². The molecule has 0 radical (unpaired) electrons. The molecule has 0 aromatic carbocycles. The first-order chi connectivity index (χ1) is 5.72. The molecule has 0 aromatic heterocycles. The second-order valence-corrected chi connectivity index (χ2v) is 3.31. The van der Waals surface area contributed by atoms with Gasteiger partial charge in [-0.2, -0.15) is 0 Å². The summed E-state index contributed by atoms with van der Waals surface area (Å²) in [5.74, 6) is -0.511. The second kappa shape index (κ2) is 7.55. The lowest BCUT2D eigenvalue weighted by Crippen LogP contribution is -2.23. The standard InChI is InChI=1S/C8H15BrO3/c1-2-3-6-12-8(11)7(10)4-5-9/h7,10H,2-6H2,1H3/t7-/m1/s1. The molecule has 1 N–H and O–H groups in total. The van der Waals surface area contributed by atoms with Crippen molar-refractivity contribution in [1.29, 1.82) is 0 Å². The van der Waals surface area contributed by atoms with Crippen LogP contribution in [0.5, 0.6) is 0 Å². The predicted molar refractivity (Wildman–Crippen MR) is 50.3 cm³/mol. The van der Waals surface area contributed by atoms with Gasteiger partial charge in [0.2, 0.25) is 0 Å². The highest BCUT2D eigenvalue weighted by Gasteiger charge is 2.14. The number of carbonyl (C=O) groups excluding carboxylic acids is 1. The Kier molecular flexibility index (Phi) is 7.50. The summed E-state index contributed by atoms with van der Waals surface area (Å²) in [6.45, 7) is 2.43. The van der Waals surface area contributed by atoms with Gasteiger partial charge in [0.05, 0.1) is 6.61 Å². The lowest BCUT2D eigenvalue weighted by Gasteiger charge is -2.08. The monoisotopic (exact) mass is 238 g/mol. The molecule has 0 saturated carbocycles. The number of esters is 1. The van der Waals surface area contributed by atoms with E-state index >= 15 is 0 Å². The normalized spacial score (nSPS) is 12.6. The topological polar surface area (TPSA) is 46.5 Å². The van der Waals surface area contributed by atoms with Crippen molar-refractivity contribution < 1.29 is 14.6 Å². The number of aliphatic hydroxyl groups excluding tert-OH is 1. The summed E-state index contributed by atoms with van der Waals surface area (Å²) in [7, 11) is 0. The van der Waals surface area contributed by atoms with Crippen LogP contribution in [-0.4, -0.2) is 29.1 Å². The smallest absolute Gasteiger partial charge is 0.334 e. The molecule has 0 aliphatic heterocycles. The summed E-state index contributed by atoms with van der Waals surface area (Å²) in [5, 5.41) is 9.72. The minimum Gasteiger partial charge on any atom is -0.464 e. The Bertz CT molecular complexity index is 127. The van der Waals surface area contributed by atoms with Gasteiger partial charge in [-0.15, -0.1) is 0 Å². The average molecular weight is 239 g/mol. The number of hydrogen-bond donors (Lipinski definition) is 1. The molecule has 0 spiro atoms. The van der Waals surface area contributed by atoms with E-state index in [1.165, 1.54) is 0 Å². The number of aliphatic hydroxyl groups is 1. The summed E-state index contributed by atoms with van der Waals surface area (Å²) in [4.78, 5) is 10.9. The Morgan fingerprint density at radius 3 is 2.83 bits per heavy atom. The SMILES string of the molecule is CCCCOC(=O)[C@H](O)CCBr. The van der Waals surface area contributed by atoms with Crippen molar-refractivity contribution in [3.05, 3.63) is 0 Å². The van der Waals surface area contributed by atoms with Gasteiger partial charge in [-0.25, -0.2) is 4.79 Å². The third-order valence-corrected chi connectivity index (χ3v) is 1.85. The van der Waals surface area contributed by atoms with E-state index < -0.39 is 12.1 Å². The van der Waals surface area contributed by atoms with E-state index in [0.717, 1.165) is 12.8 Å². The van der Waals surface area contributed by atoms with Crippen LogP contribution >= 0.6 is 15.9 Å². The molecule has 12 heavy (non-hydrogen) atoms. The van der Waals surface area contributed by atoms with E-state index in [1.807, 2.05) is 6.92 Å². The average Bonchev–Trinajstić information content (AvgIpc) is 2.05. The van der Waals surface area contributed by atoms with Crippen LogP contribution in [0.2, 0.25) is 0 Å². The molecule has 0 unspecified atom stereocenters. The van der Waals surface area contributed by atoms with Crippen LogP contribution in [0.25, 0.3) is 0 Å². The van der Waals surface area contributed by atoms with Crippen LogP contribution in [-0.2, 0) is 9.53 Å². The first kappa shape index (κ1) is 11.9. The first-order valence-electron chi connectivity index (χ1n) is 4.13. The van der Waals surface area contributed by atoms with Gasteiger partial charge in [-0.05, 0) is 12.8 Å². The van der Waals surface area contributed by atoms with Crippen molar-refractivity contribution in [2.45, 2.75) is 32.3 Å². The third kappa shape index (κ3) is 5.55. The van der Waals surface area contributed by atoms with Gasteiger partial charge in [-0.1, -0.05) is 29.3 Å². The molecule has 0 bridgehead atoms. The van der Waals surface area contributed by atoms with Crippen molar-refractivity contribution in [3.63, 3.8) is 0 Å². The maximum atomic E-state index is 10.9. The van der Waals surface area contributed by atoms with Gasteiger partial charge in [-0.3, -0.25) is 0 Å². The third-order valence-electron chi connectivity index (χ3n) is 1.40. The minimum absolute atomic E-state index is 0.408. The molecule has 0 saturated heterocycles. The summed E-state index contributed by atoms with van der Waals surface area (Å²) >= 11 is 3.13. The Morgan fingerprint density at radius 1 is 1.67 bits per heavy atom. The maximum absolute atomic E-state index is 10.9. The number of carbonyl (C=O) groups is 1. The van der Waals surface area contributed by atoms with Crippen LogP contribution in [0.3, 0.4) is 0 Å². The molecule has 0 aromatic rings. The van der Waals surface area contributed by atoms with Gasteiger partial charge in [0.25, 0.3) is 0 Å². The predicted octanol–water partition coefficient (Wildman–Crippen LogP) is 1.48. The summed E-state index contributed by atoms with van der Waals surface area (Å²) < 4.78 is 4.79. The minimum atomic E-state index is -0.971. The van der Waals surface area contributed by atoms with Gasteiger partial charge in [0, 0.05) is 5.33 Å². The Labute approximate surface area is 81.2 Å². The number of hydrogen-bond acceptors (Lipinski definition) is 3. The molecule has 0 heterocycles. The Hall–Kier alpha value is -0.0900. The highest BCUT2D eigenvalue weighted by atomic mass is 79.9. The van der Waals surface area contributed by atoms with E-state index in [2.05, 4.69) is 15.9 Å². The van der Waals surface area contributed by atoms with Crippen LogP contribution in [0.4, 0.5) is 0 Å². The molecule has 0 aliphatic carbocycles. The first-order valence-corrected chi connectivity index (χ1v) is 5.25. The highest BCUT2D eigenvalue weighted by molar-refractivity contribution is 9.09. The van der Waals surface area contributed by atoms with Gasteiger partial charge in [0.1, 0.15) is 0 Å². The molecular formula is C8H15BrO3. The van der Waals surface area contributed by atoms with Crippen molar-refractivity contribution in [2.24, 2.45) is 0 Å². The fourth-order valence-electron chi connectivity index (χ4n) is 0.634. The van der Waals surface area contributed by atoms with E-state index in [4.69, 9.17) is 9.84 Å². The zero-order chi connectivity index (χ0) is 9.40. The summed E-state index contributed by atoms with van der Waals surface area (Å²) in [6.07, 6.45) is 1.28. The zero-order valence-corrected chi connectivity index (χ0v) is 8.84. The Balaban J connectivity index is 3.43. The molecular weight excluding hydrogens is 224 g/mol. The van der Waals surface area contributed by atoms with Crippen LogP contribution in [0.15, 0.2) is 0 Å². The Morgan fingerprint density at radius 2 is 2.33 bits per heavy atom. The fourth-order valence-corrected chi connectivity index (χ4v) is 1.07. The van der Waals surface area contributed by atoms with Crippen LogP contribution < -0.4 is 0 Å². The zero-order valence-electron chi connectivity index (χ0n) is 7.25. The van der Waals surface area contributed by atoms with Crippen molar-refractivity contribution >= 4 is 21.9 Å². The quantitative estimate of drug-likeness (QED) is 0.433. The number of unbranched alkanes of at least 4 members (excludes halogenated alkanes) is 1. The molecule has 0 amide bonds. The number of rotatable bonds is 6. The van der Waals surface area contributed by atoms with Crippen molar-refractivity contribution in [3.8, 4) is 0 Å². The van der Waals surface area contributed by atoms with E-state index in [9.17, 15) is 4.79 Å². The fraction of sp³-hybridized carbons (Fsp3) is 0.875. The molecule has 3 nitrogen and oxygen atoms in total. The lowest BCUT2D eigenvalue weighted by molar-refractivity contribution is -0.153.